The molecule has 0 aliphatic carbocycles. The summed E-state index contributed by atoms with van der Waals surface area (Å²) < 4.78 is 1.88. The van der Waals surface area contributed by atoms with Crippen molar-refractivity contribution in [2.75, 3.05) is 31.1 Å². The lowest BCUT2D eigenvalue weighted by Crippen LogP contribution is -2.51. The number of aryl methyl sites for hydroxylation is 1. The quantitative estimate of drug-likeness (QED) is 0.529. The van der Waals surface area contributed by atoms with Gasteiger partial charge in [0.05, 0.1) is 29.0 Å². The summed E-state index contributed by atoms with van der Waals surface area (Å²) in [4.78, 5) is 12.3. The van der Waals surface area contributed by atoms with Crippen molar-refractivity contribution in [3.63, 3.8) is 0 Å². The molecule has 4 aromatic rings. The molecule has 2 bridgehead atoms. The maximum Gasteiger partial charge on any atom is 0.225 e. The molecule has 4 heterocycles. The number of benzene rings is 2. The molecule has 2 aromatic heterocycles. The SMILES string of the molecule is Cn1ncc2cc(-c3cnc(N4CC5CNCC(C5)C4)nc3-c3ccc(C#N)cc3)ccc21. The van der Waals surface area contributed by atoms with Crippen molar-refractivity contribution in [3.8, 4) is 28.5 Å². The predicted octanol–water partition coefficient (Wildman–Crippen LogP) is 3.61. The van der Waals surface area contributed by atoms with Gasteiger partial charge in [0.25, 0.3) is 0 Å². The van der Waals surface area contributed by atoms with Crippen LogP contribution in [0.3, 0.4) is 0 Å². The number of fused-ring (bicyclic) bond motifs is 3. The van der Waals surface area contributed by atoms with Crippen molar-refractivity contribution >= 4 is 16.9 Å². The Kier molecular flexibility index (Phi) is 4.81. The second-order valence-corrected chi connectivity index (χ2v) is 9.19. The minimum Gasteiger partial charge on any atom is -0.340 e. The Morgan fingerprint density at radius 1 is 1.00 bits per heavy atom. The third kappa shape index (κ3) is 3.62. The minimum absolute atomic E-state index is 0.641. The first kappa shape index (κ1) is 19.9. The summed E-state index contributed by atoms with van der Waals surface area (Å²) in [5.74, 6) is 2.08. The van der Waals surface area contributed by atoms with Crippen LogP contribution in [-0.4, -0.2) is 45.9 Å². The molecule has 33 heavy (non-hydrogen) atoms. The average Bonchev–Trinajstić information content (AvgIpc) is 3.23. The van der Waals surface area contributed by atoms with Crippen molar-refractivity contribution in [2.24, 2.45) is 18.9 Å². The monoisotopic (exact) mass is 435 g/mol. The summed E-state index contributed by atoms with van der Waals surface area (Å²) in [5.41, 5.74) is 5.64. The Morgan fingerprint density at radius 2 is 1.76 bits per heavy atom. The molecule has 0 amide bonds. The lowest BCUT2D eigenvalue weighted by Gasteiger charge is -2.41. The van der Waals surface area contributed by atoms with Crippen LogP contribution in [0.25, 0.3) is 33.3 Å². The molecule has 6 rings (SSSR count). The molecule has 2 atom stereocenters. The lowest BCUT2D eigenvalue weighted by atomic mass is 9.86. The number of rotatable bonds is 3. The molecular weight excluding hydrogens is 410 g/mol. The molecular formula is C26H25N7. The summed E-state index contributed by atoms with van der Waals surface area (Å²) in [6, 6.07) is 16.2. The first-order chi connectivity index (χ1) is 16.2. The molecule has 2 aliphatic heterocycles. The van der Waals surface area contributed by atoms with Crippen LogP contribution < -0.4 is 10.2 Å². The van der Waals surface area contributed by atoms with Gasteiger partial charge in [-0.15, -0.1) is 0 Å². The van der Waals surface area contributed by atoms with Crippen LogP contribution in [0.1, 0.15) is 12.0 Å². The first-order valence-electron chi connectivity index (χ1n) is 11.4. The van der Waals surface area contributed by atoms with Gasteiger partial charge in [-0.1, -0.05) is 18.2 Å². The zero-order valence-electron chi connectivity index (χ0n) is 18.6. The molecule has 2 saturated heterocycles. The molecule has 0 radical (unpaired) electrons. The third-order valence-electron chi connectivity index (χ3n) is 6.89. The summed E-state index contributed by atoms with van der Waals surface area (Å²) in [5, 5.41) is 18.2. The van der Waals surface area contributed by atoms with E-state index in [9.17, 15) is 5.26 Å². The number of nitrogens with zero attached hydrogens (tertiary/aromatic N) is 6. The molecule has 2 fully saturated rings. The number of hydrogen-bond donors (Lipinski definition) is 1. The highest BCUT2D eigenvalue weighted by Gasteiger charge is 2.31. The Labute approximate surface area is 192 Å². The fourth-order valence-corrected chi connectivity index (χ4v) is 5.26. The molecule has 7 heteroatoms. The fourth-order valence-electron chi connectivity index (χ4n) is 5.26. The van der Waals surface area contributed by atoms with Crippen molar-refractivity contribution in [1.82, 2.24) is 25.1 Å². The van der Waals surface area contributed by atoms with E-state index in [-0.39, 0.29) is 0 Å². The zero-order valence-corrected chi connectivity index (χ0v) is 18.6. The number of nitrogens with one attached hydrogen (secondary N) is 1. The Bertz CT molecular complexity index is 1350. The molecule has 0 saturated carbocycles. The van der Waals surface area contributed by atoms with E-state index in [1.54, 1.807) is 0 Å². The highest BCUT2D eigenvalue weighted by Crippen LogP contribution is 2.34. The van der Waals surface area contributed by atoms with E-state index in [1.807, 2.05) is 48.4 Å². The fraction of sp³-hybridized carbons (Fsp3) is 0.308. The van der Waals surface area contributed by atoms with Crippen LogP contribution in [0.2, 0.25) is 0 Å². The lowest BCUT2D eigenvalue weighted by molar-refractivity contribution is 0.248. The Morgan fingerprint density at radius 3 is 2.52 bits per heavy atom. The van der Waals surface area contributed by atoms with Gasteiger partial charge >= 0.3 is 0 Å². The van der Waals surface area contributed by atoms with E-state index in [4.69, 9.17) is 9.97 Å². The van der Waals surface area contributed by atoms with Crippen LogP contribution in [0.15, 0.2) is 54.9 Å². The first-order valence-corrected chi connectivity index (χ1v) is 11.4. The molecule has 2 aromatic carbocycles. The average molecular weight is 436 g/mol. The number of nitriles is 1. The van der Waals surface area contributed by atoms with Gasteiger partial charge in [0, 0.05) is 42.8 Å². The van der Waals surface area contributed by atoms with Crippen molar-refractivity contribution < 1.29 is 0 Å². The smallest absolute Gasteiger partial charge is 0.225 e. The minimum atomic E-state index is 0.641. The molecule has 7 nitrogen and oxygen atoms in total. The normalized spacial score (nSPS) is 20.1. The van der Waals surface area contributed by atoms with E-state index in [1.165, 1.54) is 6.42 Å². The number of aromatic nitrogens is 4. The molecule has 2 unspecified atom stereocenters. The van der Waals surface area contributed by atoms with E-state index >= 15 is 0 Å². The van der Waals surface area contributed by atoms with Gasteiger partial charge in [0.15, 0.2) is 0 Å². The number of anilines is 1. The van der Waals surface area contributed by atoms with Gasteiger partial charge < -0.3 is 10.2 Å². The molecule has 0 spiro atoms. The van der Waals surface area contributed by atoms with Gasteiger partial charge in [-0.3, -0.25) is 4.68 Å². The molecule has 164 valence electrons. The Balaban J connectivity index is 1.45. The van der Waals surface area contributed by atoms with E-state index in [2.05, 4.69) is 39.6 Å². The topological polar surface area (TPSA) is 82.7 Å². The summed E-state index contributed by atoms with van der Waals surface area (Å²) in [6.07, 6.45) is 5.13. The van der Waals surface area contributed by atoms with Gasteiger partial charge in [-0.25, -0.2) is 9.97 Å². The van der Waals surface area contributed by atoms with E-state index in [0.29, 0.717) is 17.4 Å². The van der Waals surface area contributed by atoms with Crippen LogP contribution in [0.4, 0.5) is 5.95 Å². The highest BCUT2D eigenvalue weighted by molar-refractivity contribution is 5.88. The number of piperidine rings is 2. The molecule has 1 N–H and O–H groups in total. The third-order valence-corrected chi connectivity index (χ3v) is 6.89. The van der Waals surface area contributed by atoms with Crippen LogP contribution in [0, 0.1) is 23.2 Å². The zero-order chi connectivity index (χ0) is 22.4. The second kappa shape index (κ2) is 7.98. The maximum atomic E-state index is 9.23. The van der Waals surface area contributed by atoms with Crippen molar-refractivity contribution in [1.29, 1.82) is 5.26 Å². The Hall–Kier alpha value is -3.76. The van der Waals surface area contributed by atoms with E-state index < -0.39 is 0 Å². The van der Waals surface area contributed by atoms with Crippen LogP contribution in [0.5, 0.6) is 0 Å². The largest absolute Gasteiger partial charge is 0.340 e. The second-order valence-electron chi connectivity index (χ2n) is 9.19. The van der Waals surface area contributed by atoms with Crippen LogP contribution >= 0.6 is 0 Å². The van der Waals surface area contributed by atoms with Gasteiger partial charge in [-0.05, 0) is 61.2 Å². The summed E-state index contributed by atoms with van der Waals surface area (Å²) in [6.45, 7) is 4.10. The summed E-state index contributed by atoms with van der Waals surface area (Å²) >= 11 is 0. The molecule has 2 aliphatic rings. The summed E-state index contributed by atoms with van der Waals surface area (Å²) in [7, 11) is 1.95. The van der Waals surface area contributed by atoms with E-state index in [0.717, 1.165) is 65.4 Å². The van der Waals surface area contributed by atoms with Crippen molar-refractivity contribution in [3.05, 3.63) is 60.4 Å². The predicted molar refractivity (Wildman–Crippen MR) is 129 cm³/mol. The van der Waals surface area contributed by atoms with Gasteiger partial charge in [0.1, 0.15) is 0 Å². The van der Waals surface area contributed by atoms with Gasteiger partial charge in [0.2, 0.25) is 5.95 Å². The van der Waals surface area contributed by atoms with Gasteiger partial charge in [-0.2, -0.15) is 10.4 Å². The highest BCUT2D eigenvalue weighted by atomic mass is 15.3. The standard InChI is InChI=1S/C26H25N7/c1-32-24-7-6-21(9-22(24)13-30-32)23-14-29-26(33-15-18-8-19(16-33)12-28-11-18)31-25(23)20-4-2-17(10-27)3-5-20/h2-7,9,13-14,18-19,28H,8,11-12,15-16H2,1H3. The van der Waals surface area contributed by atoms with Crippen LogP contribution in [-0.2, 0) is 7.05 Å². The van der Waals surface area contributed by atoms with Crippen molar-refractivity contribution in [2.45, 2.75) is 6.42 Å². The number of hydrogen-bond acceptors (Lipinski definition) is 6. The maximum absolute atomic E-state index is 9.23.